The van der Waals surface area contributed by atoms with Crippen LogP contribution < -0.4 is 5.73 Å². The van der Waals surface area contributed by atoms with Gasteiger partial charge in [0.1, 0.15) is 49.3 Å². The average molecular weight is 990 g/mol. The Morgan fingerprint density at radius 2 is 1.27 bits per heavy atom. The summed E-state index contributed by atoms with van der Waals surface area (Å²) in [6, 6.07) is -1.26. The monoisotopic (exact) mass is 989 g/mol. The van der Waals surface area contributed by atoms with Gasteiger partial charge in [0, 0.05) is 23.8 Å². The fourth-order valence-corrected chi connectivity index (χ4v) is 8.63. The molecule has 0 amide bonds. The van der Waals surface area contributed by atoms with Crippen LogP contribution in [-0.4, -0.2) is 138 Å². The summed E-state index contributed by atoms with van der Waals surface area (Å²) in [5.74, 6) is -2.71. The Morgan fingerprint density at radius 1 is 0.687 bits per heavy atom. The van der Waals surface area contributed by atoms with Crippen molar-refractivity contribution in [2.75, 3.05) is 19.0 Å². The van der Waals surface area contributed by atoms with Gasteiger partial charge < -0.3 is 55.8 Å². The van der Waals surface area contributed by atoms with Gasteiger partial charge in [0.25, 0.3) is 0 Å². The summed E-state index contributed by atoms with van der Waals surface area (Å²) in [5.41, 5.74) is 6.17. The Labute approximate surface area is 401 Å². The number of esters is 2. The Hall–Kier alpha value is -2.97. The molecule has 19 heteroatoms. The molecule has 0 aromatic rings. The Bertz CT molecular complexity index is 1570. The molecular weight excluding hydrogens is 910 g/mol. The van der Waals surface area contributed by atoms with Crippen molar-refractivity contribution in [3.8, 4) is 0 Å². The van der Waals surface area contributed by atoms with E-state index in [-0.39, 0.29) is 31.4 Å². The quantitative estimate of drug-likeness (QED) is 0.0112. The minimum Gasteiger partial charge on any atom is -0.481 e. The van der Waals surface area contributed by atoms with Gasteiger partial charge >= 0.3 is 25.7 Å². The summed E-state index contributed by atoms with van der Waals surface area (Å²) in [5, 5.41) is 69.8. The number of thioether (sulfide) groups is 1. The van der Waals surface area contributed by atoms with E-state index in [1.807, 2.05) is 18.2 Å². The van der Waals surface area contributed by atoms with Gasteiger partial charge in [-0.25, -0.2) is 4.57 Å². The normalized spacial score (nSPS) is 23.1. The van der Waals surface area contributed by atoms with Gasteiger partial charge in [0.15, 0.2) is 6.10 Å². The Kier molecular flexibility index (Phi) is 35.1. The number of carbonyl (C=O) groups excluding carboxylic acids is 2. The number of rotatable bonds is 38. The maximum atomic E-state index is 13.1. The number of phosphoric ester groups is 1. The lowest BCUT2D eigenvalue weighted by Crippen LogP contribution is -2.64. The Morgan fingerprint density at radius 3 is 1.91 bits per heavy atom. The van der Waals surface area contributed by atoms with Crippen molar-refractivity contribution in [1.82, 2.24) is 0 Å². The molecule has 0 heterocycles. The Balaban J connectivity index is 2.91. The molecule has 0 bridgehead atoms. The predicted molar refractivity (Wildman–Crippen MR) is 259 cm³/mol. The number of carboxylic acids is 1. The number of phosphoric acid groups is 1. The lowest BCUT2D eigenvalue weighted by molar-refractivity contribution is -0.220. The zero-order chi connectivity index (χ0) is 49.9. The summed E-state index contributed by atoms with van der Waals surface area (Å²) in [6.45, 7) is 2.73. The minimum atomic E-state index is -5.26. The molecule has 0 spiro atoms. The van der Waals surface area contributed by atoms with E-state index in [4.69, 9.17) is 29.4 Å². The second kappa shape index (κ2) is 37.9. The highest BCUT2D eigenvalue weighted by Gasteiger charge is 2.51. The van der Waals surface area contributed by atoms with Crippen LogP contribution in [0.2, 0.25) is 0 Å². The number of ether oxygens (including phenoxy) is 2. The zero-order valence-corrected chi connectivity index (χ0v) is 41.0. The van der Waals surface area contributed by atoms with Crippen molar-refractivity contribution >= 4 is 37.5 Å². The van der Waals surface area contributed by atoms with Gasteiger partial charge in [-0.1, -0.05) is 125 Å². The highest BCUT2D eigenvalue weighted by atomic mass is 32.2. The van der Waals surface area contributed by atoms with Crippen LogP contribution in [0.4, 0.5) is 0 Å². The fourth-order valence-electron chi connectivity index (χ4n) is 6.53. The fraction of sp³-hybridized carbons (Fsp3) is 0.688. The molecule has 0 radical (unpaired) electrons. The molecule has 0 aromatic carbocycles. The molecule has 1 fully saturated rings. The number of hydrogen-bond donors (Lipinski definition) is 9. The van der Waals surface area contributed by atoms with Crippen LogP contribution in [0.5, 0.6) is 0 Å². The van der Waals surface area contributed by atoms with E-state index in [2.05, 4.69) is 50.3 Å². The standard InChI is InChI=1S/C48H80NO16PS/c1-3-5-7-9-11-13-15-17-19-21-23-25-27-32-41(53)64-36(34-63-66(60,61)65-47-45(57)43(55)42(54)44(56)46(47)58)33-62-48(59)37(49)35-67-39(38(50)29-28-31-40(51)52)30-26-24-22-20-18-16-14-12-10-8-6-4-2/h7,9,12-15,18,20,22,24,26,30,36-39,42-47,50,54-58H,3-6,8,10-11,16-17,19,21,23,25,27-29,31-35,49H2,1-2H3,(H,51,52)(H,60,61)/b9-7-,14-12-,15-13-,20-18-,24-22+,30-26+/t36-,37+,38+,39-,42?,43-,44+,45-,46-,47?/m1/s1. The molecule has 1 aliphatic rings. The first kappa shape index (κ1) is 62.0. The molecule has 384 valence electrons. The number of carboxylic acid groups (broad SMARTS) is 1. The van der Waals surface area contributed by atoms with Gasteiger partial charge in [0.2, 0.25) is 0 Å². The molecule has 0 aliphatic heterocycles. The summed E-state index contributed by atoms with van der Waals surface area (Å²) >= 11 is 1.14. The number of hydrogen-bond acceptors (Lipinski definition) is 16. The second-order valence-corrected chi connectivity index (χ2v) is 19.1. The second-order valence-electron chi connectivity index (χ2n) is 16.5. The summed E-state index contributed by atoms with van der Waals surface area (Å²) in [4.78, 5) is 47.5. The van der Waals surface area contributed by atoms with E-state index >= 15 is 0 Å². The van der Waals surface area contributed by atoms with Gasteiger partial charge in [-0.05, 0) is 64.2 Å². The molecule has 67 heavy (non-hydrogen) atoms. The van der Waals surface area contributed by atoms with Crippen LogP contribution in [0.25, 0.3) is 0 Å². The highest BCUT2D eigenvalue weighted by molar-refractivity contribution is 8.00. The molecule has 1 aliphatic carbocycles. The van der Waals surface area contributed by atoms with Gasteiger partial charge in [0.05, 0.1) is 12.7 Å². The molecule has 3 unspecified atom stereocenters. The van der Waals surface area contributed by atoms with E-state index in [9.17, 15) is 54.5 Å². The maximum absolute atomic E-state index is 13.1. The third-order valence-corrected chi connectivity index (χ3v) is 12.9. The third-order valence-electron chi connectivity index (χ3n) is 10.5. The zero-order valence-electron chi connectivity index (χ0n) is 39.3. The molecular formula is C48H80NO16PS. The summed E-state index contributed by atoms with van der Waals surface area (Å²) in [7, 11) is -5.26. The lowest BCUT2D eigenvalue weighted by Gasteiger charge is -2.41. The predicted octanol–water partition coefficient (Wildman–Crippen LogP) is 6.04. The number of aliphatic hydroxyl groups excluding tert-OH is 6. The highest BCUT2D eigenvalue weighted by Crippen LogP contribution is 2.47. The van der Waals surface area contributed by atoms with E-state index in [1.54, 1.807) is 18.2 Å². The molecule has 17 nitrogen and oxygen atoms in total. The molecule has 0 saturated heterocycles. The molecule has 1 rings (SSSR count). The SMILES string of the molecule is CCC/C=C\C/C=C\CCCCCCCC(=O)O[C@H](COC(=O)[C@@H](N)CS[C@H](/C=C/C=C/C=C\C/C=C\CCCCC)[C@@H](O)CCCC(=O)O)COP(=O)(O)OC1[C@H](O)[C@H](O)C(O)[C@H](O)[C@H]1O. The first-order valence-electron chi connectivity index (χ1n) is 23.7. The van der Waals surface area contributed by atoms with Crippen molar-refractivity contribution in [1.29, 1.82) is 0 Å². The van der Waals surface area contributed by atoms with Crippen LogP contribution >= 0.6 is 19.6 Å². The summed E-state index contributed by atoms with van der Waals surface area (Å²) in [6.07, 6.45) is 22.7. The van der Waals surface area contributed by atoms with Gasteiger partial charge in [-0.2, -0.15) is 0 Å². The van der Waals surface area contributed by atoms with Crippen LogP contribution in [-0.2, 0) is 37.5 Å². The molecule has 10 N–H and O–H groups in total. The van der Waals surface area contributed by atoms with Gasteiger partial charge in [-0.3, -0.25) is 23.4 Å². The van der Waals surface area contributed by atoms with Crippen LogP contribution in [0.1, 0.15) is 129 Å². The smallest absolute Gasteiger partial charge is 0.472 e. The van der Waals surface area contributed by atoms with Crippen molar-refractivity contribution in [3.05, 3.63) is 72.9 Å². The number of carbonyl (C=O) groups is 3. The van der Waals surface area contributed by atoms with Crippen molar-refractivity contribution in [2.45, 2.75) is 190 Å². The lowest BCUT2D eigenvalue weighted by atomic mass is 9.85. The first-order valence-corrected chi connectivity index (χ1v) is 26.2. The van der Waals surface area contributed by atoms with Crippen molar-refractivity contribution in [3.63, 3.8) is 0 Å². The van der Waals surface area contributed by atoms with Crippen LogP contribution in [0.15, 0.2) is 72.9 Å². The largest absolute Gasteiger partial charge is 0.481 e. The number of allylic oxidation sites excluding steroid dienone is 11. The average Bonchev–Trinajstić information content (AvgIpc) is 3.29. The molecule has 0 aromatic heterocycles. The van der Waals surface area contributed by atoms with Crippen molar-refractivity contribution < 1.29 is 78.1 Å². The maximum Gasteiger partial charge on any atom is 0.472 e. The summed E-state index contributed by atoms with van der Waals surface area (Å²) < 4.78 is 33.6. The molecule has 11 atom stereocenters. The van der Waals surface area contributed by atoms with Crippen molar-refractivity contribution in [2.24, 2.45) is 5.73 Å². The van der Waals surface area contributed by atoms with Gasteiger partial charge in [-0.15, -0.1) is 11.8 Å². The van der Waals surface area contributed by atoms with E-state index in [0.29, 0.717) is 6.42 Å². The van der Waals surface area contributed by atoms with Crippen LogP contribution in [0.3, 0.4) is 0 Å². The topological polar surface area (TPSA) is 293 Å². The van der Waals surface area contributed by atoms with Crippen LogP contribution in [0, 0.1) is 0 Å². The third kappa shape index (κ3) is 29.6. The van der Waals surface area contributed by atoms with E-state index in [0.717, 1.165) is 76.0 Å². The first-order chi connectivity index (χ1) is 32.0. The molecule has 1 saturated carbocycles. The van der Waals surface area contributed by atoms with E-state index < -0.39 is 99.1 Å². The number of aliphatic carboxylic acids is 1. The minimum absolute atomic E-state index is 0.0256. The number of nitrogens with two attached hydrogens (primary N) is 1. The number of aliphatic hydroxyl groups is 6. The van der Waals surface area contributed by atoms with E-state index in [1.165, 1.54) is 19.3 Å². The number of unbranched alkanes of at least 4 members (excludes halogenated alkanes) is 9.